The quantitative estimate of drug-likeness (QED) is 0.807. The molecule has 2 amide bonds. The van der Waals surface area contributed by atoms with Gasteiger partial charge in [0.2, 0.25) is 0 Å². The summed E-state index contributed by atoms with van der Waals surface area (Å²) in [5.41, 5.74) is 0. The highest BCUT2D eigenvalue weighted by molar-refractivity contribution is 5.73. The number of carbonyl (C=O) groups is 1. The van der Waals surface area contributed by atoms with Gasteiger partial charge in [-0.2, -0.15) is 0 Å². The first-order valence-electron chi connectivity index (χ1n) is 7.76. The van der Waals surface area contributed by atoms with Gasteiger partial charge >= 0.3 is 6.03 Å². The number of nitrogens with one attached hydrogen (secondary N) is 1. The summed E-state index contributed by atoms with van der Waals surface area (Å²) in [7, 11) is 1.79. The highest BCUT2D eigenvalue weighted by atomic mass is 16.3. The van der Waals surface area contributed by atoms with E-state index in [4.69, 9.17) is 0 Å². The Hall–Kier alpha value is -0.770. The molecule has 4 heteroatoms. The van der Waals surface area contributed by atoms with Gasteiger partial charge < -0.3 is 15.3 Å². The number of rotatable bonds is 5. The molecule has 0 spiro atoms. The zero-order valence-corrected chi connectivity index (χ0v) is 12.5. The van der Waals surface area contributed by atoms with Crippen LogP contribution in [0.3, 0.4) is 0 Å². The Morgan fingerprint density at radius 3 is 2.42 bits per heavy atom. The van der Waals surface area contributed by atoms with E-state index in [9.17, 15) is 9.90 Å². The van der Waals surface area contributed by atoms with Crippen molar-refractivity contribution in [3.05, 3.63) is 0 Å². The van der Waals surface area contributed by atoms with E-state index in [0.717, 1.165) is 6.54 Å². The molecule has 1 fully saturated rings. The maximum absolute atomic E-state index is 11.9. The van der Waals surface area contributed by atoms with E-state index in [1.54, 1.807) is 18.9 Å². The summed E-state index contributed by atoms with van der Waals surface area (Å²) in [6.07, 6.45) is 9.46. The number of hydrogen-bond donors (Lipinski definition) is 2. The number of nitrogens with zero attached hydrogens (tertiary/aromatic N) is 1. The van der Waals surface area contributed by atoms with E-state index < -0.39 is 0 Å². The fourth-order valence-corrected chi connectivity index (χ4v) is 2.59. The van der Waals surface area contributed by atoms with E-state index in [-0.39, 0.29) is 12.1 Å². The number of aliphatic hydroxyl groups excluding tert-OH is 1. The van der Waals surface area contributed by atoms with Crippen molar-refractivity contribution in [2.75, 3.05) is 20.1 Å². The number of amides is 2. The van der Waals surface area contributed by atoms with Crippen LogP contribution in [0.1, 0.15) is 58.3 Å². The lowest BCUT2D eigenvalue weighted by Crippen LogP contribution is -2.40. The smallest absolute Gasteiger partial charge is 0.317 e. The molecule has 0 aliphatic heterocycles. The molecule has 0 saturated heterocycles. The molecular formula is C15H30N2O2. The second kappa shape index (κ2) is 9.18. The van der Waals surface area contributed by atoms with E-state index in [1.165, 1.54) is 44.9 Å². The molecule has 19 heavy (non-hydrogen) atoms. The molecule has 1 aliphatic rings. The second-order valence-corrected chi connectivity index (χ2v) is 5.96. The summed E-state index contributed by atoms with van der Waals surface area (Å²) in [5.74, 6) is 0.648. The first-order valence-corrected chi connectivity index (χ1v) is 7.76. The lowest BCUT2D eigenvalue weighted by atomic mass is 9.91. The van der Waals surface area contributed by atoms with Crippen LogP contribution in [-0.4, -0.2) is 42.3 Å². The molecule has 1 unspecified atom stereocenters. The SMILES string of the molecule is CC(O)CCN(C)C(=O)NCC1CCCCCCC1. The molecule has 112 valence electrons. The molecular weight excluding hydrogens is 240 g/mol. The third-order valence-electron chi connectivity index (χ3n) is 4.00. The highest BCUT2D eigenvalue weighted by Gasteiger charge is 2.14. The molecule has 4 nitrogen and oxygen atoms in total. The Bertz CT molecular complexity index is 249. The summed E-state index contributed by atoms with van der Waals surface area (Å²) in [6, 6.07) is -0.0114. The van der Waals surface area contributed by atoms with Crippen molar-refractivity contribution < 1.29 is 9.90 Å². The summed E-state index contributed by atoms with van der Waals surface area (Å²) < 4.78 is 0. The topological polar surface area (TPSA) is 52.6 Å². The van der Waals surface area contributed by atoms with Gasteiger partial charge in [0.1, 0.15) is 0 Å². The summed E-state index contributed by atoms with van der Waals surface area (Å²) >= 11 is 0. The molecule has 1 aliphatic carbocycles. The van der Waals surface area contributed by atoms with E-state index in [0.29, 0.717) is 18.9 Å². The van der Waals surface area contributed by atoms with Gasteiger partial charge in [0.15, 0.2) is 0 Å². The average Bonchev–Trinajstić information content (AvgIpc) is 2.34. The minimum absolute atomic E-state index is 0.0114. The van der Waals surface area contributed by atoms with Crippen LogP contribution in [0, 0.1) is 5.92 Å². The Kier molecular flexibility index (Phi) is 7.87. The molecule has 0 aromatic heterocycles. The van der Waals surface area contributed by atoms with Gasteiger partial charge in [0.05, 0.1) is 6.10 Å². The first kappa shape index (κ1) is 16.3. The lowest BCUT2D eigenvalue weighted by Gasteiger charge is -2.23. The van der Waals surface area contributed by atoms with Crippen molar-refractivity contribution in [3.8, 4) is 0 Å². The molecule has 0 aromatic carbocycles. The highest BCUT2D eigenvalue weighted by Crippen LogP contribution is 2.21. The van der Waals surface area contributed by atoms with E-state index >= 15 is 0 Å². The van der Waals surface area contributed by atoms with Crippen LogP contribution >= 0.6 is 0 Å². The van der Waals surface area contributed by atoms with Crippen molar-refractivity contribution in [1.29, 1.82) is 0 Å². The zero-order chi connectivity index (χ0) is 14.1. The van der Waals surface area contributed by atoms with Gasteiger partial charge in [-0.15, -0.1) is 0 Å². The zero-order valence-electron chi connectivity index (χ0n) is 12.5. The fraction of sp³-hybridized carbons (Fsp3) is 0.933. The molecule has 0 heterocycles. The van der Waals surface area contributed by atoms with Gasteiger partial charge in [-0.25, -0.2) is 4.79 Å². The third kappa shape index (κ3) is 7.41. The molecule has 1 saturated carbocycles. The Morgan fingerprint density at radius 2 is 1.84 bits per heavy atom. The van der Waals surface area contributed by atoms with Crippen molar-refractivity contribution in [1.82, 2.24) is 10.2 Å². The Labute approximate surface area is 117 Å². The van der Waals surface area contributed by atoms with E-state index in [1.807, 2.05) is 0 Å². The number of aliphatic hydroxyl groups is 1. The van der Waals surface area contributed by atoms with Crippen LogP contribution in [-0.2, 0) is 0 Å². The van der Waals surface area contributed by atoms with Gasteiger partial charge in [-0.3, -0.25) is 0 Å². The van der Waals surface area contributed by atoms with Crippen molar-refractivity contribution in [2.24, 2.45) is 5.92 Å². The molecule has 1 rings (SSSR count). The van der Waals surface area contributed by atoms with Gasteiger partial charge in [0.25, 0.3) is 0 Å². The summed E-state index contributed by atoms with van der Waals surface area (Å²) in [4.78, 5) is 13.5. The summed E-state index contributed by atoms with van der Waals surface area (Å²) in [5, 5.41) is 12.2. The number of urea groups is 1. The Morgan fingerprint density at radius 1 is 1.26 bits per heavy atom. The number of hydrogen-bond acceptors (Lipinski definition) is 2. The largest absolute Gasteiger partial charge is 0.393 e. The van der Waals surface area contributed by atoms with E-state index in [2.05, 4.69) is 5.32 Å². The molecule has 0 aromatic rings. The maximum atomic E-state index is 11.9. The van der Waals surface area contributed by atoms with Gasteiger partial charge in [0, 0.05) is 20.1 Å². The molecule has 0 bridgehead atoms. The monoisotopic (exact) mass is 270 g/mol. The van der Waals surface area contributed by atoms with Crippen LogP contribution in [0.15, 0.2) is 0 Å². The minimum atomic E-state index is -0.346. The van der Waals surface area contributed by atoms with Crippen LogP contribution < -0.4 is 5.32 Å². The van der Waals surface area contributed by atoms with Crippen LogP contribution in [0.2, 0.25) is 0 Å². The predicted molar refractivity (Wildman–Crippen MR) is 78.1 cm³/mol. The van der Waals surface area contributed by atoms with Gasteiger partial charge in [-0.1, -0.05) is 32.1 Å². The minimum Gasteiger partial charge on any atom is -0.393 e. The fourth-order valence-electron chi connectivity index (χ4n) is 2.59. The summed E-state index contributed by atoms with van der Waals surface area (Å²) in [6.45, 7) is 3.16. The van der Waals surface area contributed by atoms with Crippen LogP contribution in [0.4, 0.5) is 4.79 Å². The van der Waals surface area contributed by atoms with Crippen LogP contribution in [0.5, 0.6) is 0 Å². The maximum Gasteiger partial charge on any atom is 0.317 e. The molecule has 1 atom stereocenters. The lowest BCUT2D eigenvalue weighted by molar-refractivity contribution is 0.162. The van der Waals surface area contributed by atoms with Gasteiger partial charge in [-0.05, 0) is 32.1 Å². The van der Waals surface area contributed by atoms with Crippen molar-refractivity contribution in [3.63, 3.8) is 0 Å². The third-order valence-corrected chi connectivity index (χ3v) is 4.00. The second-order valence-electron chi connectivity index (χ2n) is 5.96. The van der Waals surface area contributed by atoms with Crippen LogP contribution in [0.25, 0.3) is 0 Å². The average molecular weight is 270 g/mol. The van der Waals surface area contributed by atoms with Crippen molar-refractivity contribution >= 4 is 6.03 Å². The van der Waals surface area contributed by atoms with Crippen molar-refractivity contribution in [2.45, 2.75) is 64.4 Å². The molecule has 0 radical (unpaired) electrons. The number of carbonyl (C=O) groups excluding carboxylic acids is 1. The normalized spacial score (nSPS) is 19.3. The first-order chi connectivity index (χ1) is 9.09. The predicted octanol–water partition coefficient (Wildman–Crippen LogP) is 2.76. The standard InChI is InChI=1S/C15H30N2O2/c1-13(18)10-11-17(2)15(19)16-12-14-8-6-4-3-5-7-9-14/h13-14,18H,3-12H2,1-2H3,(H,16,19). The Balaban J connectivity index is 2.20. The molecule has 2 N–H and O–H groups in total.